The van der Waals surface area contributed by atoms with E-state index in [0.717, 1.165) is 11.3 Å². The Morgan fingerprint density at radius 3 is 2.62 bits per heavy atom. The van der Waals surface area contributed by atoms with Gasteiger partial charge in [-0.1, -0.05) is 25.6 Å². The van der Waals surface area contributed by atoms with E-state index in [0.29, 0.717) is 24.1 Å². The van der Waals surface area contributed by atoms with Crippen LogP contribution in [0, 0.1) is 0 Å². The summed E-state index contributed by atoms with van der Waals surface area (Å²) in [6.45, 7) is 7.94. The molecule has 0 aliphatic carbocycles. The van der Waals surface area contributed by atoms with E-state index in [1.54, 1.807) is 19.9 Å². The maximum absolute atomic E-state index is 12.7. The van der Waals surface area contributed by atoms with E-state index in [9.17, 15) is 13.2 Å². The highest BCUT2D eigenvalue weighted by molar-refractivity contribution is 7.89. The lowest BCUT2D eigenvalue weighted by molar-refractivity contribution is -0.126. The number of carbonyl (C=O) groups is 1. The van der Waals surface area contributed by atoms with Crippen molar-refractivity contribution in [2.45, 2.75) is 45.1 Å². The summed E-state index contributed by atoms with van der Waals surface area (Å²) in [5.74, 6) is -0.282. The molecule has 0 saturated carbocycles. The zero-order chi connectivity index (χ0) is 19.3. The molecule has 0 aliphatic rings. The summed E-state index contributed by atoms with van der Waals surface area (Å²) in [4.78, 5) is 18.4. The third-order valence-electron chi connectivity index (χ3n) is 4.07. The molecular weight excluding hydrogens is 358 g/mol. The molecule has 0 spiro atoms. The standard InChI is InChI=1S/C16H25N5O4S/c1-5-12(4)17-16(22)11-25-21-15-10-13(8-9-14(15)18-19-21)26(23,24)20(6-2)7-3/h8-10,12H,5-7,11H2,1-4H3,(H,17,22)/t12-/m0/s1. The second kappa shape index (κ2) is 8.45. The van der Waals surface area contributed by atoms with Gasteiger partial charge in [0, 0.05) is 19.1 Å². The van der Waals surface area contributed by atoms with Gasteiger partial charge in [-0.2, -0.15) is 4.31 Å². The molecule has 1 aromatic heterocycles. The summed E-state index contributed by atoms with van der Waals surface area (Å²) >= 11 is 0. The zero-order valence-corrected chi connectivity index (χ0v) is 16.3. The van der Waals surface area contributed by atoms with Crippen molar-refractivity contribution >= 4 is 27.0 Å². The normalized spacial score (nSPS) is 13.1. The molecule has 2 rings (SSSR count). The molecule has 1 heterocycles. The maximum Gasteiger partial charge on any atom is 0.260 e. The molecule has 0 bridgehead atoms. The highest BCUT2D eigenvalue weighted by atomic mass is 32.2. The van der Waals surface area contributed by atoms with E-state index in [-0.39, 0.29) is 23.5 Å². The van der Waals surface area contributed by atoms with E-state index in [1.807, 2.05) is 13.8 Å². The van der Waals surface area contributed by atoms with Crippen LogP contribution in [0.1, 0.15) is 34.1 Å². The van der Waals surface area contributed by atoms with E-state index >= 15 is 0 Å². The molecule has 144 valence electrons. The molecule has 2 aromatic rings. The second-order valence-corrected chi connectivity index (χ2v) is 7.79. The van der Waals surface area contributed by atoms with Crippen LogP contribution in [0.4, 0.5) is 0 Å². The minimum Gasteiger partial charge on any atom is -0.385 e. The fraction of sp³-hybridized carbons (Fsp3) is 0.562. The highest BCUT2D eigenvalue weighted by Crippen LogP contribution is 2.20. The number of amides is 1. The molecule has 26 heavy (non-hydrogen) atoms. The number of fused-ring (bicyclic) bond motifs is 1. The van der Waals surface area contributed by atoms with Crippen molar-refractivity contribution in [2.75, 3.05) is 19.7 Å². The summed E-state index contributed by atoms with van der Waals surface area (Å²) in [5, 5.41) is 10.5. The van der Waals surface area contributed by atoms with Crippen LogP contribution >= 0.6 is 0 Å². The average molecular weight is 383 g/mol. The Kier molecular flexibility index (Phi) is 6.54. The van der Waals surface area contributed by atoms with Gasteiger partial charge in [-0.3, -0.25) is 4.79 Å². The van der Waals surface area contributed by atoms with Crippen LogP contribution in [0.2, 0.25) is 0 Å². The third kappa shape index (κ3) is 4.31. The van der Waals surface area contributed by atoms with Crippen molar-refractivity contribution in [1.29, 1.82) is 0 Å². The van der Waals surface area contributed by atoms with Crippen LogP contribution in [0.5, 0.6) is 0 Å². The van der Waals surface area contributed by atoms with Gasteiger partial charge >= 0.3 is 0 Å². The number of nitrogens with one attached hydrogen (secondary N) is 1. The molecule has 0 unspecified atom stereocenters. The van der Waals surface area contributed by atoms with Gasteiger partial charge in [0.1, 0.15) is 11.0 Å². The predicted molar refractivity (Wildman–Crippen MR) is 97.0 cm³/mol. The first kappa shape index (κ1) is 20.1. The first-order valence-corrected chi connectivity index (χ1v) is 10.1. The minimum absolute atomic E-state index is 0.0457. The highest BCUT2D eigenvalue weighted by Gasteiger charge is 2.23. The monoisotopic (exact) mass is 383 g/mol. The van der Waals surface area contributed by atoms with Gasteiger partial charge in [0.2, 0.25) is 10.0 Å². The van der Waals surface area contributed by atoms with Crippen LogP contribution in [0.25, 0.3) is 11.0 Å². The number of rotatable bonds is 9. The Morgan fingerprint density at radius 1 is 1.31 bits per heavy atom. The number of aromatic nitrogens is 3. The lowest BCUT2D eigenvalue weighted by Gasteiger charge is -2.18. The first-order chi connectivity index (χ1) is 12.3. The molecule has 0 radical (unpaired) electrons. The molecule has 0 fully saturated rings. The van der Waals surface area contributed by atoms with Crippen LogP contribution in [0.3, 0.4) is 0 Å². The fourth-order valence-electron chi connectivity index (χ4n) is 2.38. The summed E-state index contributed by atoms with van der Waals surface area (Å²) in [7, 11) is -3.61. The van der Waals surface area contributed by atoms with Crippen molar-refractivity contribution in [3.05, 3.63) is 18.2 Å². The molecular formula is C16H25N5O4S. The second-order valence-electron chi connectivity index (χ2n) is 5.85. The molecule has 10 heteroatoms. The van der Waals surface area contributed by atoms with Crippen molar-refractivity contribution in [1.82, 2.24) is 24.8 Å². The van der Waals surface area contributed by atoms with Crippen molar-refractivity contribution < 1.29 is 18.0 Å². The van der Waals surface area contributed by atoms with Gasteiger partial charge in [0.25, 0.3) is 5.91 Å². The van der Waals surface area contributed by atoms with E-state index in [4.69, 9.17) is 4.84 Å². The molecule has 1 N–H and O–H groups in total. The van der Waals surface area contributed by atoms with Crippen LogP contribution in [-0.4, -0.2) is 59.5 Å². The van der Waals surface area contributed by atoms with E-state index in [2.05, 4.69) is 15.6 Å². The topological polar surface area (TPSA) is 106 Å². The van der Waals surface area contributed by atoms with Crippen molar-refractivity contribution in [3.63, 3.8) is 0 Å². The molecule has 0 saturated heterocycles. The Hall–Kier alpha value is -2.20. The smallest absolute Gasteiger partial charge is 0.260 e. The molecule has 1 amide bonds. The summed E-state index contributed by atoms with van der Waals surface area (Å²) in [6.07, 6.45) is 0.810. The largest absolute Gasteiger partial charge is 0.385 e. The van der Waals surface area contributed by atoms with Crippen molar-refractivity contribution in [3.8, 4) is 0 Å². The minimum atomic E-state index is -3.61. The first-order valence-electron chi connectivity index (χ1n) is 8.61. The van der Waals surface area contributed by atoms with Gasteiger partial charge in [-0.25, -0.2) is 8.42 Å². The summed E-state index contributed by atoms with van der Waals surface area (Å²) < 4.78 is 26.7. The molecule has 1 aromatic carbocycles. The van der Waals surface area contributed by atoms with Crippen molar-refractivity contribution in [2.24, 2.45) is 0 Å². The molecule has 9 nitrogen and oxygen atoms in total. The fourth-order valence-corrected chi connectivity index (χ4v) is 3.86. The quantitative estimate of drug-likeness (QED) is 0.687. The number of hydrogen-bond donors (Lipinski definition) is 1. The lowest BCUT2D eigenvalue weighted by Crippen LogP contribution is -2.37. The van der Waals surface area contributed by atoms with Gasteiger partial charge in [0.05, 0.1) is 4.90 Å². The van der Waals surface area contributed by atoms with Crippen LogP contribution < -0.4 is 10.2 Å². The Bertz CT molecular complexity index is 861. The number of nitrogens with zero attached hydrogens (tertiary/aromatic N) is 4. The SMILES string of the molecule is CC[C@H](C)NC(=O)COn1nnc2ccc(S(=O)(=O)N(CC)CC)cc21. The van der Waals surface area contributed by atoms with E-state index in [1.165, 1.54) is 16.4 Å². The molecule has 0 aliphatic heterocycles. The lowest BCUT2D eigenvalue weighted by atomic mass is 10.2. The number of hydrogen-bond acceptors (Lipinski definition) is 6. The number of benzene rings is 1. The Morgan fingerprint density at radius 2 is 2.00 bits per heavy atom. The van der Waals surface area contributed by atoms with E-state index < -0.39 is 10.0 Å². The number of carbonyl (C=O) groups excluding carboxylic acids is 1. The van der Waals surface area contributed by atoms with Gasteiger partial charge in [-0.15, -0.1) is 5.10 Å². The maximum atomic E-state index is 12.7. The van der Waals surface area contributed by atoms with Gasteiger partial charge in [-0.05, 0) is 36.8 Å². The summed E-state index contributed by atoms with van der Waals surface area (Å²) in [6, 6.07) is 4.56. The summed E-state index contributed by atoms with van der Waals surface area (Å²) in [5.41, 5.74) is 0.861. The molecule has 1 atom stereocenters. The third-order valence-corrected chi connectivity index (χ3v) is 6.11. The average Bonchev–Trinajstić information content (AvgIpc) is 3.03. The number of sulfonamides is 1. The zero-order valence-electron chi connectivity index (χ0n) is 15.5. The van der Waals surface area contributed by atoms with Crippen LogP contribution in [0.15, 0.2) is 23.1 Å². The predicted octanol–water partition coefficient (Wildman–Crippen LogP) is 0.805. The van der Waals surface area contributed by atoms with Gasteiger partial charge < -0.3 is 10.2 Å². The van der Waals surface area contributed by atoms with Crippen LogP contribution in [-0.2, 0) is 14.8 Å². The Balaban J connectivity index is 2.24. The Labute approximate surface area is 153 Å². The van der Waals surface area contributed by atoms with Gasteiger partial charge in [0.15, 0.2) is 6.61 Å².